The molecule has 16 heavy (non-hydrogen) atoms. The van der Waals surface area contributed by atoms with Gasteiger partial charge in [-0.3, -0.25) is 9.59 Å². The fraction of sp³-hybridized carbons (Fsp3) is 0.750. The number of rotatable bonds is 1. The summed E-state index contributed by atoms with van der Waals surface area (Å²) in [5.41, 5.74) is -0.507. The van der Waals surface area contributed by atoms with Gasteiger partial charge in [-0.15, -0.1) is 0 Å². The minimum atomic E-state index is -0.507. The minimum absolute atomic E-state index is 0.0163. The standard InChI is InChI=1S/C12H17NO3/c1-12-6-5-10(15)13(2)9(12)4-3-8(7-14)11(12)16/h7-9H,3-6H2,1-2H3/t8?,9-,12+/m1/s1. The lowest BCUT2D eigenvalue weighted by molar-refractivity contribution is -0.154. The molecule has 2 aliphatic rings. The Hall–Kier alpha value is -1.19. The van der Waals surface area contributed by atoms with Gasteiger partial charge in [0.25, 0.3) is 0 Å². The van der Waals surface area contributed by atoms with Crippen LogP contribution in [0.5, 0.6) is 0 Å². The van der Waals surface area contributed by atoms with E-state index in [0.29, 0.717) is 19.3 Å². The van der Waals surface area contributed by atoms with Gasteiger partial charge in [0.1, 0.15) is 6.29 Å². The van der Waals surface area contributed by atoms with E-state index >= 15 is 0 Å². The van der Waals surface area contributed by atoms with E-state index in [4.69, 9.17) is 0 Å². The first kappa shape index (κ1) is 11.3. The summed E-state index contributed by atoms with van der Waals surface area (Å²) < 4.78 is 0. The molecule has 2 rings (SSSR count). The van der Waals surface area contributed by atoms with Crippen LogP contribution >= 0.6 is 0 Å². The van der Waals surface area contributed by atoms with E-state index in [9.17, 15) is 14.4 Å². The van der Waals surface area contributed by atoms with Gasteiger partial charge in [-0.25, -0.2) is 0 Å². The number of carbonyl (C=O) groups excluding carboxylic acids is 3. The lowest BCUT2D eigenvalue weighted by atomic mass is 9.62. The van der Waals surface area contributed by atoms with Gasteiger partial charge in [-0.05, 0) is 19.3 Å². The average Bonchev–Trinajstić information content (AvgIpc) is 2.27. The molecule has 1 aliphatic heterocycles. The van der Waals surface area contributed by atoms with Gasteiger partial charge >= 0.3 is 0 Å². The Balaban J connectivity index is 2.31. The summed E-state index contributed by atoms with van der Waals surface area (Å²) in [4.78, 5) is 36.3. The largest absolute Gasteiger partial charge is 0.342 e. The van der Waals surface area contributed by atoms with Crippen molar-refractivity contribution in [1.82, 2.24) is 4.90 Å². The summed E-state index contributed by atoms with van der Waals surface area (Å²) in [6.45, 7) is 1.90. The van der Waals surface area contributed by atoms with Gasteiger partial charge < -0.3 is 9.69 Å². The lowest BCUT2D eigenvalue weighted by Crippen LogP contribution is -2.59. The molecule has 0 spiro atoms. The highest BCUT2D eigenvalue weighted by atomic mass is 16.2. The predicted molar refractivity (Wildman–Crippen MR) is 57.7 cm³/mol. The van der Waals surface area contributed by atoms with Crippen molar-refractivity contribution in [3.05, 3.63) is 0 Å². The molecule has 1 unspecified atom stereocenters. The molecule has 4 heteroatoms. The Morgan fingerprint density at radius 3 is 2.69 bits per heavy atom. The first-order valence-corrected chi connectivity index (χ1v) is 5.76. The van der Waals surface area contributed by atoms with Crippen molar-refractivity contribution in [2.75, 3.05) is 7.05 Å². The van der Waals surface area contributed by atoms with Crippen molar-refractivity contribution in [1.29, 1.82) is 0 Å². The molecule has 0 aromatic rings. The number of aldehydes is 1. The number of hydrogen-bond donors (Lipinski definition) is 0. The van der Waals surface area contributed by atoms with E-state index in [2.05, 4.69) is 0 Å². The second-order valence-electron chi connectivity index (χ2n) is 5.12. The quantitative estimate of drug-likeness (QED) is 0.488. The fourth-order valence-electron chi connectivity index (χ4n) is 3.13. The van der Waals surface area contributed by atoms with E-state index in [-0.39, 0.29) is 17.7 Å². The summed E-state index contributed by atoms with van der Waals surface area (Å²) in [7, 11) is 1.76. The second kappa shape index (κ2) is 3.68. The summed E-state index contributed by atoms with van der Waals surface area (Å²) in [6.07, 6.45) is 3.11. The van der Waals surface area contributed by atoms with Crippen LogP contribution < -0.4 is 0 Å². The van der Waals surface area contributed by atoms with Gasteiger partial charge in [0, 0.05) is 24.9 Å². The number of hydrogen-bond acceptors (Lipinski definition) is 3. The van der Waals surface area contributed by atoms with Gasteiger partial charge in [-0.1, -0.05) is 6.92 Å². The van der Waals surface area contributed by atoms with E-state index < -0.39 is 11.3 Å². The van der Waals surface area contributed by atoms with Gasteiger partial charge in [-0.2, -0.15) is 0 Å². The SMILES string of the molecule is CN1C(=O)CC[C@]2(C)C(=O)C(C=O)CC[C@@H]12. The van der Waals surface area contributed by atoms with E-state index in [1.807, 2.05) is 6.92 Å². The van der Waals surface area contributed by atoms with Crippen LogP contribution in [0.4, 0.5) is 0 Å². The van der Waals surface area contributed by atoms with E-state index in [1.165, 1.54) is 0 Å². The third-order valence-electron chi connectivity index (χ3n) is 4.27. The number of piperidine rings is 1. The van der Waals surface area contributed by atoms with Crippen LogP contribution in [0.1, 0.15) is 32.6 Å². The molecule has 1 aliphatic carbocycles. The summed E-state index contributed by atoms with van der Waals surface area (Å²) >= 11 is 0. The van der Waals surface area contributed by atoms with Crippen molar-refractivity contribution >= 4 is 18.0 Å². The van der Waals surface area contributed by atoms with Crippen LogP contribution in [0.2, 0.25) is 0 Å². The highest BCUT2D eigenvalue weighted by molar-refractivity contribution is 5.99. The van der Waals surface area contributed by atoms with Crippen LogP contribution in [0.25, 0.3) is 0 Å². The minimum Gasteiger partial charge on any atom is -0.342 e. The van der Waals surface area contributed by atoms with Crippen LogP contribution in [0.15, 0.2) is 0 Å². The number of amides is 1. The Labute approximate surface area is 95.0 Å². The van der Waals surface area contributed by atoms with E-state index in [0.717, 1.165) is 12.7 Å². The molecule has 4 nitrogen and oxygen atoms in total. The van der Waals surface area contributed by atoms with Crippen molar-refractivity contribution in [2.45, 2.75) is 38.6 Å². The molecule has 88 valence electrons. The molecule has 0 bridgehead atoms. The van der Waals surface area contributed by atoms with Crippen molar-refractivity contribution in [2.24, 2.45) is 11.3 Å². The van der Waals surface area contributed by atoms with Gasteiger partial charge in [0.05, 0.1) is 5.92 Å². The number of nitrogens with zero attached hydrogens (tertiary/aromatic N) is 1. The Morgan fingerprint density at radius 2 is 2.06 bits per heavy atom. The monoisotopic (exact) mass is 223 g/mol. The van der Waals surface area contributed by atoms with Crippen LogP contribution in [0.3, 0.4) is 0 Å². The highest BCUT2D eigenvalue weighted by Gasteiger charge is 2.52. The lowest BCUT2D eigenvalue weighted by Gasteiger charge is -2.49. The molecule has 3 atom stereocenters. The van der Waals surface area contributed by atoms with Crippen molar-refractivity contribution in [3.63, 3.8) is 0 Å². The second-order valence-corrected chi connectivity index (χ2v) is 5.12. The number of fused-ring (bicyclic) bond motifs is 1. The molecule has 0 aromatic carbocycles. The highest BCUT2D eigenvalue weighted by Crippen LogP contribution is 2.44. The number of likely N-dealkylation sites (tertiary alicyclic amines) is 1. The van der Waals surface area contributed by atoms with Crippen LogP contribution in [-0.4, -0.2) is 36.0 Å². The third-order valence-corrected chi connectivity index (χ3v) is 4.27. The van der Waals surface area contributed by atoms with Gasteiger partial charge in [0.2, 0.25) is 5.91 Å². The van der Waals surface area contributed by atoms with E-state index in [1.54, 1.807) is 11.9 Å². The molecule has 1 saturated heterocycles. The smallest absolute Gasteiger partial charge is 0.222 e. The zero-order valence-electron chi connectivity index (χ0n) is 9.73. The normalized spacial score (nSPS) is 39.5. The van der Waals surface area contributed by atoms with Crippen LogP contribution in [-0.2, 0) is 14.4 Å². The number of Topliss-reactive ketones (excluding diaryl/α,β-unsaturated/α-hetero) is 1. The van der Waals surface area contributed by atoms with Crippen molar-refractivity contribution in [3.8, 4) is 0 Å². The van der Waals surface area contributed by atoms with Crippen molar-refractivity contribution < 1.29 is 14.4 Å². The fourth-order valence-corrected chi connectivity index (χ4v) is 3.13. The summed E-state index contributed by atoms with van der Waals surface area (Å²) in [5, 5.41) is 0. The maximum atomic E-state index is 12.2. The molecule has 0 N–H and O–H groups in total. The third kappa shape index (κ3) is 1.39. The van der Waals surface area contributed by atoms with Crippen LogP contribution in [0, 0.1) is 11.3 Å². The zero-order valence-corrected chi connectivity index (χ0v) is 9.73. The zero-order chi connectivity index (χ0) is 11.9. The first-order valence-electron chi connectivity index (χ1n) is 5.76. The Morgan fingerprint density at radius 1 is 1.38 bits per heavy atom. The Kier molecular flexibility index (Phi) is 2.60. The average molecular weight is 223 g/mol. The topological polar surface area (TPSA) is 54.5 Å². The molecule has 1 amide bonds. The summed E-state index contributed by atoms with van der Waals surface area (Å²) in [5.74, 6) is -0.319. The maximum Gasteiger partial charge on any atom is 0.222 e. The molecule has 1 heterocycles. The molecule has 1 saturated carbocycles. The van der Waals surface area contributed by atoms with Gasteiger partial charge in [0.15, 0.2) is 5.78 Å². The number of carbonyl (C=O) groups is 3. The molecular weight excluding hydrogens is 206 g/mol. The molecule has 0 radical (unpaired) electrons. The maximum absolute atomic E-state index is 12.2. The first-order chi connectivity index (χ1) is 7.50. The Bertz CT molecular complexity index is 352. The molecular formula is C12H17NO3. The predicted octanol–water partition coefficient (Wildman–Crippen LogP) is 0.791. The number of ketones is 1. The summed E-state index contributed by atoms with van der Waals surface area (Å²) in [6, 6.07) is -0.0163. The molecule has 2 fully saturated rings. The molecule has 0 aromatic heterocycles.